The first kappa shape index (κ1) is 53.8. The highest BCUT2D eigenvalue weighted by molar-refractivity contribution is 6.18. The Morgan fingerprint density at radius 1 is 0.568 bits per heavy atom. The number of aliphatic hydroxyl groups excluding tert-OH is 9. The van der Waals surface area contributed by atoms with Crippen molar-refractivity contribution < 1.29 is 89.0 Å². The smallest absolute Gasteiger partial charge is 0.104 e. The van der Waals surface area contributed by atoms with E-state index >= 15 is 0 Å². The van der Waals surface area contributed by atoms with Gasteiger partial charge in [-0.1, -0.05) is 0 Å². The van der Waals surface area contributed by atoms with E-state index < -0.39 is 18.3 Å². The van der Waals surface area contributed by atoms with Gasteiger partial charge in [-0.2, -0.15) is 0 Å². The van der Waals surface area contributed by atoms with Crippen LogP contribution in [-0.4, -0.2) is 176 Å². The molecule has 37 heavy (non-hydrogen) atoms. The Morgan fingerprint density at radius 3 is 0.811 bits per heavy atom. The minimum absolute atomic E-state index is 0. The van der Waals surface area contributed by atoms with E-state index in [1.165, 1.54) is 0 Å². The van der Waals surface area contributed by atoms with Gasteiger partial charge in [0.05, 0.1) is 95.4 Å². The molecule has 3 aliphatic rings. The van der Waals surface area contributed by atoms with Crippen LogP contribution in [0.1, 0.15) is 0 Å². The fraction of sp³-hybridized carbons (Fsp3) is 1.00. The van der Waals surface area contributed by atoms with E-state index in [0.29, 0.717) is 12.0 Å². The van der Waals surface area contributed by atoms with Crippen LogP contribution < -0.4 is 12.4 Å². The van der Waals surface area contributed by atoms with Crippen LogP contribution in [0.3, 0.4) is 0 Å². The van der Waals surface area contributed by atoms with Gasteiger partial charge in [0.1, 0.15) is 18.3 Å². The predicted molar refractivity (Wildman–Crippen MR) is 131 cm³/mol. The van der Waals surface area contributed by atoms with Gasteiger partial charge in [0.25, 0.3) is 0 Å². The molecule has 0 aromatic heterocycles. The molecule has 5 unspecified atom stereocenters. The van der Waals surface area contributed by atoms with E-state index in [1.54, 1.807) is 0 Å². The monoisotopic (exact) mass is 640 g/mol. The van der Waals surface area contributed by atoms with Crippen molar-refractivity contribution in [3.8, 4) is 0 Å². The van der Waals surface area contributed by atoms with Crippen molar-refractivity contribution in [3.63, 3.8) is 0 Å². The largest absolute Gasteiger partial charge is 1.00 e. The van der Waals surface area contributed by atoms with Crippen LogP contribution in [0.15, 0.2) is 0 Å². The number of hydrogen-bond acceptors (Lipinski definition) is 13. The van der Waals surface area contributed by atoms with Gasteiger partial charge < -0.3 is 89.0 Å². The Kier molecular flexibility index (Phi) is 59.6. The second-order valence-electron chi connectivity index (χ2n) is 6.39. The third-order valence-corrected chi connectivity index (χ3v) is 4.04. The zero-order valence-electron chi connectivity index (χ0n) is 20.2. The summed E-state index contributed by atoms with van der Waals surface area (Å²) in [6.45, 7) is 1.57. The van der Waals surface area contributed by atoms with Gasteiger partial charge in [0.2, 0.25) is 0 Å². The average molecular weight is 642 g/mol. The zero-order chi connectivity index (χ0) is 26.1. The first-order chi connectivity index (χ1) is 15.7. The summed E-state index contributed by atoms with van der Waals surface area (Å²) in [6.07, 6.45) is -1.66. The third kappa shape index (κ3) is 57.5. The van der Waals surface area contributed by atoms with E-state index in [9.17, 15) is 0 Å². The van der Waals surface area contributed by atoms with Gasteiger partial charge >= 0.3 is 0 Å². The van der Waals surface area contributed by atoms with E-state index in [-0.39, 0.29) is 92.4 Å². The van der Waals surface area contributed by atoms with Crippen molar-refractivity contribution in [2.75, 3.05) is 77.1 Å². The molecular formula is C18H44Cl4O15-2. The molecule has 15 nitrogen and oxygen atoms in total. The second-order valence-corrected chi connectivity index (χ2v) is 7.31. The van der Waals surface area contributed by atoms with E-state index in [4.69, 9.17) is 85.5 Å². The fourth-order valence-electron chi connectivity index (χ4n) is 0.659. The zero-order valence-corrected chi connectivity index (χ0v) is 23.2. The number of halogens is 4. The molecule has 19 heteroatoms. The molecule has 14 N–H and O–H groups in total. The quantitative estimate of drug-likeness (QED) is 0.0835. The first-order valence-electron chi connectivity index (χ1n) is 9.95. The number of epoxide rings is 3. The normalized spacial score (nSPS) is 20.2. The second kappa shape index (κ2) is 41.0. The summed E-state index contributed by atoms with van der Waals surface area (Å²) >= 11 is 15.4. The highest BCUT2D eigenvalue weighted by Crippen LogP contribution is 2.08. The van der Waals surface area contributed by atoms with Crippen molar-refractivity contribution in [3.05, 3.63) is 0 Å². The SMILES string of the molecule is ClCC1CO1.O.O.OCC(O)CCl.OCC(O)CCl.OCC(O)CO.OCC1CO1.OCC1CO1.[Cl-].[OH-]. The maximum absolute atomic E-state index is 8.28. The molecule has 0 aromatic rings. The fourth-order valence-corrected chi connectivity index (χ4v) is 1.03. The molecule has 0 spiro atoms. The number of alkyl halides is 3. The first-order valence-corrected chi connectivity index (χ1v) is 11.5. The van der Waals surface area contributed by atoms with Crippen LogP contribution >= 0.6 is 34.8 Å². The van der Waals surface area contributed by atoms with Gasteiger partial charge in [0.15, 0.2) is 0 Å². The van der Waals surface area contributed by atoms with Crippen molar-refractivity contribution in [1.82, 2.24) is 0 Å². The number of hydrogen-bond donors (Lipinski definition) is 9. The van der Waals surface area contributed by atoms with Crippen molar-refractivity contribution >= 4 is 34.8 Å². The lowest BCUT2D eigenvalue weighted by molar-refractivity contribution is -0.0000193. The van der Waals surface area contributed by atoms with E-state index in [2.05, 4.69) is 9.47 Å². The maximum Gasteiger partial charge on any atom is 0.104 e. The van der Waals surface area contributed by atoms with Gasteiger partial charge in [-0.3, -0.25) is 0 Å². The molecule has 5 atom stereocenters. The van der Waals surface area contributed by atoms with Gasteiger partial charge in [-0.25, -0.2) is 0 Å². The lowest BCUT2D eigenvalue weighted by Gasteiger charge is -1.96. The standard InChI is InChI=1S/2C3H7ClO2.C3H5ClO.C3H8O3.2C3H6O2.ClH.3H2O/c2*4-1-3(6)2-5;4-1-3-2-5-3;4-1-3(6)2-5;2*4-1-3-2-5-3;;;;/h2*3,5-6H,1-2H2;3H,1-2H2;3-6H,1-2H2;2*3-4H,1-2H2;1H;3*1H2/p-2. The van der Waals surface area contributed by atoms with Crippen molar-refractivity contribution in [2.24, 2.45) is 0 Å². The number of ether oxygens (including phenoxy) is 3. The molecule has 0 radical (unpaired) electrons. The number of aliphatic hydroxyl groups is 9. The van der Waals surface area contributed by atoms with Crippen LogP contribution in [-0.2, 0) is 14.2 Å². The summed E-state index contributed by atoms with van der Waals surface area (Å²) in [5.74, 6) is 0.882. The molecular weight excluding hydrogens is 598 g/mol. The van der Waals surface area contributed by atoms with Crippen LogP contribution in [0.2, 0.25) is 0 Å². The summed E-state index contributed by atoms with van der Waals surface area (Å²) in [5, 5.41) is 72.7. The topological polar surface area (TPSA) is 313 Å². The summed E-state index contributed by atoms with van der Waals surface area (Å²) in [4.78, 5) is 0. The third-order valence-electron chi connectivity index (χ3n) is 2.99. The Hall–Kier alpha value is 0.560. The summed E-state index contributed by atoms with van der Waals surface area (Å²) in [7, 11) is 0. The lowest BCUT2D eigenvalue weighted by Crippen LogP contribution is -3.00. The summed E-state index contributed by atoms with van der Waals surface area (Å²) in [5.41, 5.74) is 0. The average Bonchev–Trinajstić information content (AvgIpc) is 3.74. The Bertz CT molecular complexity index is 308. The minimum Gasteiger partial charge on any atom is -1.00 e. The summed E-state index contributed by atoms with van der Waals surface area (Å²) < 4.78 is 13.9. The molecule has 0 saturated carbocycles. The molecule has 3 fully saturated rings. The highest BCUT2D eigenvalue weighted by Gasteiger charge is 2.20. The Labute approximate surface area is 237 Å². The Balaban J connectivity index is -0.0000000572. The van der Waals surface area contributed by atoms with Crippen molar-refractivity contribution in [2.45, 2.75) is 36.6 Å². The lowest BCUT2D eigenvalue weighted by atomic mass is 10.4. The highest BCUT2D eigenvalue weighted by atomic mass is 35.5. The maximum atomic E-state index is 8.28. The molecule has 3 aliphatic heterocycles. The van der Waals surface area contributed by atoms with E-state index in [0.717, 1.165) is 19.8 Å². The van der Waals surface area contributed by atoms with Crippen LogP contribution in [0, 0.1) is 0 Å². The van der Waals surface area contributed by atoms with Gasteiger partial charge in [0, 0.05) is 0 Å². The molecule has 0 bridgehead atoms. The number of rotatable bonds is 9. The molecule has 3 rings (SSSR count). The summed E-state index contributed by atoms with van der Waals surface area (Å²) in [6, 6.07) is 0. The molecule has 236 valence electrons. The van der Waals surface area contributed by atoms with Crippen LogP contribution in [0.25, 0.3) is 0 Å². The molecule has 0 aromatic carbocycles. The van der Waals surface area contributed by atoms with Crippen molar-refractivity contribution in [1.29, 1.82) is 0 Å². The minimum atomic E-state index is -0.954. The Morgan fingerprint density at radius 2 is 0.811 bits per heavy atom. The molecule has 0 aliphatic carbocycles. The van der Waals surface area contributed by atoms with Gasteiger partial charge in [-0.05, 0) is 0 Å². The van der Waals surface area contributed by atoms with Crippen LogP contribution in [0.4, 0.5) is 0 Å². The van der Waals surface area contributed by atoms with Crippen LogP contribution in [0.5, 0.6) is 0 Å². The molecule has 3 heterocycles. The molecule has 0 amide bonds. The van der Waals surface area contributed by atoms with Gasteiger partial charge in [-0.15, -0.1) is 34.8 Å². The van der Waals surface area contributed by atoms with E-state index in [1.807, 2.05) is 0 Å². The predicted octanol–water partition coefficient (Wildman–Crippen LogP) is -7.95. The molecule has 3 saturated heterocycles.